The van der Waals surface area contributed by atoms with Crippen molar-refractivity contribution < 1.29 is 13.2 Å². The quantitative estimate of drug-likeness (QED) is 0.851. The predicted molar refractivity (Wildman–Crippen MR) is 80.3 cm³/mol. The standard InChI is InChI=1S/C14H18F3N3S/c1-8-5-9(2)7-20(6-8)13-10(12(18)21)3-4-11(19-13)14(15,16)17/h3-4,8-9H,5-7H2,1-2H3,(H2,18,21). The molecule has 2 N–H and O–H groups in total. The molecule has 0 spiro atoms. The van der Waals surface area contributed by atoms with Crippen LogP contribution in [0.15, 0.2) is 12.1 Å². The number of hydrogen-bond acceptors (Lipinski definition) is 3. The fraction of sp³-hybridized carbons (Fsp3) is 0.571. The zero-order chi connectivity index (χ0) is 15.8. The number of nitrogens with zero attached hydrogens (tertiary/aromatic N) is 2. The van der Waals surface area contributed by atoms with Crippen molar-refractivity contribution in [1.82, 2.24) is 4.98 Å². The molecule has 3 nitrogen and oxygen atoms in total. The number of thiocarbonyl (C=S) groups is 1. The van der Waals surface area contributed by atoms with Crippen LogP contribution in [0.1, 0.15) is 31.5 Å². The Bertz CT molecular complexity index is 535. The Morgan fingerprint density at radius 2 is 1.86 bits per heavy atom. The monoisotopic (exact) mass is 317 g/mol. The van der Waals surface area contributed by atoms with E-state index in [0.717, 1.165) is 12.5 Å². The highest BCUT2D eigenvalue weighted by Gasteiger charge is 2.34. The van der Waals surface area contributed by atoms with E-state index in [2.05, 4.69) is 18.8 Å². The summed E-state index contributed by atoms with van der Waals surface area (Å²) in [5.41, 5.74) is 5.12. The Morgan fingerprint density at radius 3 is 2.33 bits per heavy atom. The Hall–Kier alpha value is -1.37. The minimum Gasteiger partial charge on any atom is -0.389 e. The molecule has 1 fully saturated rings. The Labute approximate surface area is 127 Å². The van der Waals surface area contributed by atoms with E-state index < -0.39 is 11.9 Å². The first-order valence-electron chi connectivity index (χ1n) is 6.81. The molecular formula is C14H18F3N3S. The summed E-state index contributed by atoms with van der Waals surface area (Å²) in [5, 5.41) is 0. The SMILES string of the molecule is CC1CC(C)CN(c2nc(C(F)(F)F)ccc2C(N)=S)C1. The molecule has 0 aliphatic carbocycles. The van der Waals surface area contributed by atoms with Gasteiger partial charge in [0.05, 0.1) is 5.56 Å². The lowest BCUT2D eigenvalue weighted by atomic mass is 9.91. The second-order valence-electron chi connectivity index (χ2n) is 5.78. The van der Waals surface area contributed by atoms with Crippen molar-refractivity contribution in [2.24, 2.45) is 17.6 Å². The molecule has 2 atom stereocenters. The molecule has 0 aromatic carbocycles. The first kappa shape index (κ1) is 16.0. The largest absolute Gasteiger partial charge is 0.433 e. The summed E-state index contributed by atoms with van der Waals surface area (Å²) in [6, 6.07) is 2.24. The first-order chi connectivity index (χ1) is 9.68. The summed E-state index contributed by atoms with van der Waals surface area (Å²) in [4.78, 5) is 5.72. The summed E-state index contributed by atoms with van der Waals surface area (Å²) in [7, 11) is 0. The number of alkyl halides is 3. The van der Waals surface area contributed by atoms with Crippen LogP contribution in [0.25, 0.3) is 0 Å². The van der Waals surface area contributed by atoms with Gasteiger partial charge in [-0.15, -0.1) is 0 Å². The zero-order valence-electron chi connectivity index (χ0n) is 11.9. The maximum atomic E-state index is 12.9. The van der Waals surface area contributed by atoms with Gasteiger partial charge in [-0.1, -0.05) is 26.1 Å². The number of aromatic nitrogens is 1. The second-order valence-corrected chi connectivity index (χ2v) is 6.22. The van der Waals surface area contributed by atoms with Gasteiger partial charge >= 0.3 is 6.18 Å². The van der Waals surface area contributed by atoms with Crippen LogP contribution in [0.5, 0.6) is 0 Å². The molecule has 1 aromatic heterocycles. The lowest BCUT2D eigenvalue weighted by Crippen LogP contribution is -2.40. The number of anilines is 1. The van der Waals surface area contributed by atoms with E-state index in [9.17, 15) is 13.2 Å². The summed E-state index contributed by atoms with van der Waals surface area (Å²) >= 11 is 4.94. The van der Waals surface area contributed by atoms with Gasteiger partial charge in [0.15, 0.2) is 0 Å². The average Bonchev–Trinajstić information content (AvgIpc) is 2.35. The number of halogens is 3. The van der Waals surface area contributed by atoms with Gasteiger partial charge in [-0.05, 0) is 30.4 Å². The second kappa shape index (κ2) is 5.79. The van der Waals surface area contributed by atoms with Gasteiger partial charge in [-0.2, -0.15) is 13.2 Å². The van der Waals surface area contributed by atoms with Crippen molar-refractivity contribution in [2.45, 2.75) is 26.4 Å². The van der Waals surface area contributed by atoms with E-state index in [4.69, 9.17) is 18.0 Å². The van der Waals surface area contributed by atoms with Crippen LogP contribution in [0.3, 0.4) is 0 Å². The van der Waals surface area contributed by atoms with Gasteiger partial charge < -0.3 is 10.6 Å². The molecule has 7 heteroatoms. The number of piperidine rings is 1. The molecule has 116 valence electrons. The van der Waals surface area contributed by atoms with Gasteiger partial charge in [-0.3, -0.25) is 0 Å². The van der Waals surface area contributed by atoms with Crippen molar-refractivity contribution in [3.8, 4) is 0 Å². The van der Waals surface area contributed by atoms with Gasteiger partial charge in [-0.25, -0.2) is 4.98 Å². The number of rotatable bonds is 2. The highest BCUT2D eigenvalue weighted by molar-refractivity contribution is 7.80. The molecule has 2 heterocycles. The third kappa shape index (κ3) is 3.64. The molecular weight excluding hydrogens is 299 g/mol. The molecule has 0 saturated carbocycles. The summed E-state index contributed by atoms with van der Waals surface area (Å²) in [6.45, 7) is 5.48. The summed E-state index contributed by atoms with van der Waals surface area (Å²) < 4.78 is 38.6. The third-order valence-electron chi connectivity index (χ3n) is 3.60. The summed E-state index contributed by atoms with van der Waals surface area (Å²) in [5.74, 6) is 1.03. The van der Waals surface area contributed by atoms with E-state index in [1.807, 2.05) is 4.90 Å². The Balaban J connectivity index is 2.45. The van der Waals surface area contributed by atoms with Gasteiger partial charge in [0.1, 0.15) is 16.5 Å². The first-order valence-corrected chi connectivity index (χ1v) is 7.22. The molecule has 1 aliphatic heterocycles. The molecule has 2 unspecified atom stereocenters. The highest BCUT2D eigenvalue weighted by Crippen LogP contribution is 2.32. The fourth-order valence-corrected chi connectivity index (χ4v) is 3.03. The third-order valence-corrected chi connectivity index (χ3v) is 3.82. The topological polar surface area (TPSA) is 42.2 Å². The molecule has 1 saturated heterocycles. The van der Waals surface area contributed by atoms with E-state index in [1.54, 1.807) is 0 Å². The number of nitrogens with two attached hydrogens (primary N) is 1. The van der Waals surface area contributed by atoms with Crippen molar-refractivity contribution in [2.75, 3.05) is 18.0 Å². The van der Waals surface area contributed by atoms with Crippen LogP contribution in [-0.4, -0.2) is 23.1 Å². The van der Waals surface area contributed by atoms with Crippen LogP contribution in [-0.2, 0) is 6.18 Å². The van der Waals surface area contributed by atoms with Crippen molar-refractivity contribution >= 4 is 23.0 Å². The average molecular weight is 317 g/mol. The summed E-state index contributed by atoms with van der Waals surface area (Å²) in [6.07, 6.45) is -3.42. The van der Waals surface area contributed by atoms with Gasteiger partial charge in [0, 0.05) is 13.1 Å². The van der Waals surface area contributed by atoms with Crippen LogP contribution in [0.4, 0.5) is 19.0 Å². The van der Waals surface area contributed by atoms with Crippen LogP contribution >= 0.6 is 12.2 Å². The molecule has 0 amide bonds. The maximum absolute atomic E-state index is 12.9. The van der Waals surface area contributed by atoms with Gasteiger partial charge in [0.25, 0.3) is 0 Å². The van der Waals surface area contributed by atoms with E-state index in [-0.39, 0.29) is 10.8 Å². The highest BCUT2D eigenvalue weighted by atomic mass is 32.1. The Morgan fingerprint density at radius 1 is 1.29 bits per heavy atom. The molecule has 1 aliphatic rings. The van der Waals surface area contributed by atoms with E-state index in [1.165, 1.54) is 6.07 Å². The lowest BCUT2D eigenvalue weighted by molar-refractivity contribution is -0.141. The number of pyridine rings is 1. The van der Waals surface area contributed by atoms with Crippen LogP contribution in [0, 0.1) is 11.8 Å². The van der Waals surface area contributed by atoms with Crippen LogP contribution < -0.4 is 10.6 Å². The van der Waals surface area contributed by atoms with Crippen LogP contribution in [0.2, 0.25) is 0 Å². The Kier molecular flexibility index (Phi) is 4.41. The van der Waals surface area contributed by atoms with E-state index >= 15 is 0 Å². The molecule has 2 rings (SSSR count). The number of hydrogen-bond donors (Lipinski definition) is 1. The van der Waals surface area contributed by atoms with Crippen molar-refractivity contribution in [3.05, 3.63) is 23.4 Å². The fourth-order valence-electron chi connectivity index (χ4n) is 2.88. The molecule has 0 radical (unpaired) electrons. The smallest absolute Gasteiger partial charge is 0.389 e. The van der Waals surface area contributed by atoms with E-state index in [0.29, 0.717) is 30.5 Å². The normalized spacial score (nSPS) is 23.2. The maximum Gasteiger partial charge on any atom is 0.433 e. The minimum atomic E-state index is -4.48. The predicted octanol–water partition coefficient (Wildman–Crippen LogP) is 3.22. The molecule has 0 bridgehead atoms. The molecule has 1 aromatic rings. The van der Waals surface area contributed by atoms with Gasteiger partial charge in [0.2, 0.25) is 0 Å². The lowest BCUT2D eigenvalue weighted by Gasteiger charge is -2.36. The minimum absolute atomic E-state index is 0.0668. The van der Waals surface area contributed by atoms with Crippen molar-refractivity contribution in [1.29, 1.82) is 0 Å². The zero-order valence-corrected chi connectivity index (χ0v) is 12.8. The molecule has 21 heavy (non-hydrogen) atoms. The van der Waals surface area contributed by atoms with Crippen molar-refractivity contribution in [3.63, 3.8) is 0 Å².